The number of Topliss-reactive ketones (excluding diaryl/α,β-unsaturated/α-hetero) is 1. The Bertz CT molecular complexity index is 526. The maximum absolute atomic E-state index is 12.2. The largest absolute Gasteiger partial charge is 0.295 e. The smallest absolute Gasteiger partial charge is 0.158 e. The van der Waals surface area contributed by atoms with Crippen molar-refractivity contribution in [2.24, 2.45) is 28.1 Å². The van der Waals surface area contributed by atoms with Crippen molar-refractivity contribution in [3.63, 3.8) is 0 Å². The summed E-state index contributed by atoms with van der Waals surface area (Å²) in [5.74, 6) is 1.84. The summed E-state index contributed by atoms with van der Waals surface area (Å²) < 4.78 is 0. The molecule has 22 heavy (non-hydrogen) atoms. The molecule has 4 atom stereocenters. The van der Waals surface area contributed by atoms with Gasteiger partial charge in [0.25, 0.3) is 0 Å². The monoisotopic (exact) mass is 302 g/mol. The molecule has 0 heterocycles. The van der Waals surface area contributed by atoms with Crippen LogP contribution in [0.15, 0.2) is 11.1 Å². The van der Waals surface area contributed by atoms with Crippen molar-refractivity contribution >= 4 is 5.78 Å². The molecule has 0 bridgehead atoms. The van der Waals surface area contributed by atoms with Gasteiger partial charge in [0.15, 0.2) is 5.78 Å². The number of hydrogen-bond donors (Lipinski definition) is 0. The van der Waals surface area contributed by atoms with Crippen LogP contribution in [0.25, 0.3) is 0 Å². The molecule has 3 aliphatic carbocycles. The zero-order valence-electron chi connectivity index (χ0n) is 15.5. The highest BCUT2D eigenvalue weighted by molar-refractivity contribution is 5.96. The molecule has 3 rings (SSSR count). The lowest BCUT2D eigenvalue weighted by Crippen LogP contribution is -2.58. The topological polar surface area (TPSA) is 17.1 Å². The van der Waals surface area contributed by atoms with Crippen LogP contribution in [0.2, 0.25) is 0 Å². The fourth-order valence-corrected chi connectivity index (χ4v) is 6.29. The van der Waals surface area contributed by atoms with Crippen LogP contribution in [-0.4, -0.2) is 5.78 Å². The first kappa shape index (κ1) is 16.3. The highest BCUT2D eigenvalue weighted by atomic mass is 16.1. The zero-order chi connectivity index (χ0) is 16.3. The standard InChI is InChI=1S/C21H34O/c1-7-20(5)13-12-19(3,4)21(6)11-10-15-14(2)17(22)9-8-16(15)18(20)21/h16,18H,7-13H2,1-6H3/t16-,18-,20?,21+/m1/s1. The van der Waals surface area contributed by atoms with E-state index >= 15 is 0 Å². The van der Waals surface area contributed by atoms with E-state index in [1.54, 1.807) is 0 Å². The van der Waals surface area contributed by atoms with E-state index in [-0.39, 0.29) is 0 Å². The normalized spacial score (nSPS) is 44.5. The van der Waals surface area contributed by atoms with Crippen LogP contribution in [0.5, 0.6) is 0 Å². The van der Waals surface area contributed by atoms with Crippen LogP contribution in [0, 0.1) is 28.1 Å². The predicted molar refractivity (Wildman–Crippen MR) is 92.7 cm³/mol. The number of hydrogen-bond acceptors (Lipinski definition) is 1. The van der Waals surface area contributed by atoms with Crippen molar-refractivity contribution in [1.29, 1.82) is 0 Å². The molecule has 3 aliphatic rings. The highest BCUT2D eigenvalue weighted by Crippen LogP contribution is 2.69. The Morgan fingerprint density at radius 1 is 1.05 bits per heavy atom. The minimum Gasteiger partial charge on any atom is -0.295 e. The molecule has 0 saturated heterocycles. The lowest BCUT2D eigenvalue weighted by Gasteiger charge is -2.65. The Kier molecular flexibility index (Phi) is 3.66. The molecule has 0 spiro atoms. The summed E-state index contributed by atoms with van der Waals surface area (Å²) in [5, 5.41) is 0. The molecule has 124 valence electrons. The summed E-state index contributed by atoms with van der Waals surface area (Å²) in [5.41, 5.74) is 3.95. The van der Waals surface area contributed by atoms with E-state index in [1.165, 1.54) is 37.7 Å². The van der Waals surface area contributed by atoms with Crippen LogP contribution >= 0.6 is 0 Å². The van der Waals surface area contributed by atoms with Crippen LogP contribution in [0.1, 0.15) is 86.5 Å². The second-order valence-electron chi connectivity index (χ2n) is 9.51. The van der Waals surface area contributed by atoms with Gasteiger partial charge in [0.2, 0.25) is 0 Å². The van der Waals surface area contributed by atoms with Gasteiger partial charge in [-0.25, -0.2) is 0 Å². The van der Waals surface area contributed by atoms with Gasteiger partial charge in [-0.05, 0) is 72.7 Å². The Labute approximate surface area is 136 Å². The number of rotatable bonds is 1. The van der Waals surface area contributed by atoms with E-state index in [9.17, 15) is 4.79 Å². The van der Waals surface area contributed by atoms with Crippen molar-refractivity contribution in [1.82, 2.24) is 0 Å². The number of fused-ring (bicyclic) bond motifs is 3. The van der Waals surface area contributed by atoms with Crippen molar-refractivity contribution in [2.75, 3.05) is 0 Å². The molecule has 0 aromatic heterocycles. The minimum atomic E-state index is 0.420. The Morgan fingerprint density at radius 3 is 2.36 bits per heavy atom. The van der Waals surface area contributed by atoms with Gasteiger partial charge in [-0.15, -0.1) is 0 Å². The second kappa shape index (κ2) is 4.95. The molecule has 0 aromatic rings. The van der Waals surface area contributed by atoms with E-state index in [1.807, 2.05) is 0 Å². The first-order valence-corrected chi connectivity index (χ1v) is 9.39. The number of allylic oxidation sites excluding steroid dienone is 2. The molecular formula is C21H34O. The third-order valence-electron chi connectivity index (χ3n) is 8.46. The van der Waals surface area contributed by atoms with Gasteiger partial charge < -0.3 is 0 Å². The number of carbonyl (C=O) groups is 1. The molecule has 2 fully saturated rings. The molecular weight excluding hydrogens is 268 g/mol. The van der Waals surface area contributed by atoms with Gasteiger partial charge in [-0.1, -0.05) is 46.6 Å². The third kappa shape index (κ3) is 2.00. The van der Waals surface area contributed by atoms with Crippen LogP contribution in [0.3, 0.4) is 0 Å². The third-order valence-corrected chi connectivity index (χ3v) is 8.46. The van der Waals surface area contributed by atoms with Crippen molar-refractivity contribution in [3.8, 4) is 0 Å². The number of carbonyl (C=O) groups excluding carboxylic acids is 1. The van der Waals surface area contributed by atoms with Gasteiger partial charge in [0.05, 0.1) is 0 Å². The van der Waals surface area contributed by atoms with E-state index in [4.69, 9.17) is 0 Å². The molecule has 0 aliphatic heterocycles. The van der Waals surface area contributed by atoms with Gasteiger partial charge in [0, 0.05) is 6.42 Å². The molecule has 0 amide bonds. The minimum absolute atomic E-state index is 0.420. The molecule has 0 N–H and O–H groups in total. The van der Waals surface area contributed by atoms with Crippen molar-refractivity contribution in [3.05, 3.63) is 11.1 Å². The van der Waals surface area contributed by atoms with E-state index in [2.05, 4.69) is 41.5 Å². The Hall–Kier alpha value is -0.590. The zero-order valence-corrected chi connectivity index (χ0v) is 15.5. The molecule has 1 unspecified atom stereocenters. The van der Waals surface area contributed by atoms with Gasteiger partial charge in [-0.2, -0.15) is 0 Å². The quantitative estimate of drug-likeness (QED) is 0.586. The predicted octanol–water partition coefficient (Wildman–Crippen LogP) is 5.93. The average Bonchev–Trinajstić information content (AvgIpc) is 2.47. The molecule has 0 aromatic carbocycles. The summed E-state index contributed by atoms with van der Waals surface area (Å²) >= 11 is 0. The van der Waals surface area contributed by atoms with Crippen LogP contribution in [0.4, 0.5) is 0 Å². The first-order chi connectivity index (χ1) is 10.2. The highest BCUT2D eigenvalue weighted by Gasteiger charge is 2.61. The van der Waals surface area contributed by atoms with E-state index < -0.39 is 0 Å². The molecule has 1 nitrogen and oxygen atoms in total. The summed E-state index contributed by atoms with van der Waals surface area (Å²) in [4.78, 5) is 12.2. The fraction of sp³-hybridized carbons (Fsp3) is 0.857. The van der Waals surface area contributed by atoms with Gasteiger partial charge in [-0.3, -0.25) is 4.79 Å². The van der Waals surface area contributed by atoms with Crippen LogP contribution < -0.4 is 0 Å². The van der Waals surface area contributed by atoms with Gasteiger partial charge in [0.1, 0.15) is 0 Å². The SMILES string of the molecule is CCC1(C)CCC(C)(C)[C@@]2(C)CCC3=C(C)C(=O)CC[C@H]3[C@H]12. The Morgan fingerprint density at radius 2 is 1.73 bits per heavy atom. The lowest BCUT2D eigenvalue weighted by atomic mass is 9.39. The Balaban J connectivity index is 2.13. The molecule has 1 heteroatoms. The summed E-state index contributed by atoms with van der Waals surface area (Å²) in [6.45, 7) is 14.6. The molecule has 2 saturated carbocycles. The number of ketones is 1. The lowest BCUT2D eigenvalue weighted by molar-refractivity contribution is -0.145. The fourth-order valence-electron chi connectivity index (χ4n) is 6.29. The van der Waals surface area contributed by atoms with Crippen molar-refractivity contribution in [2.45, 2.75) is 86.5 Å². The average molecular weight is 303 g/mol. The summed E-state index contributed by atoms with van der Waals surface area (Å²) in [6.07, 6.45) is 8.32. The van der Waals surface area contributed by atoms with Gasteiger partial charge >= 0.3 is 0 Å². The maximum Gasteiger partial charge on any atom is 0.158 e. The summed E-state index contributed by atoms with van der Waals surface area (Å²) in [7, 11) is 0. The van der Waals surface area contributed by atoms with Crippen molar-refractivity contribution < 1.29 is 4.79 Å². The first-order valence-electron chi connectivity index (χ1n) is 9.39. The summed E-state index contributed by atoms with van der Waals surface area (Å²) in [6, 6.07) is 0. The second-order valence-corrected chi connectivity index (χ2v) is 9.51. The van der Waals surface area contributed by atoms with E-state index in [0.717, 1.165) is 24.3 Å². The van der Waals surface area contributed by atoms with E-state index in [0.29, 0.717) is 27.9 Å². The van der Waals surface area contributed by atoms with Crippen LogP contribution in [-0.2, 0) is 4.79 Å². The molecule has 0 radical (unpaired) electrons. The maximum atomic E-state index is 12.2.